The minimum absolute atomic E-state index is 0.618. The van der Waals surface area contributed by atoms with E-state index in [0.29, 0.717) is 12.5 Å². The van der Waals surface area contributed by atoms with Crippen molar-refractivity contribution in [2.75, 3.05) is 37.8 Å². The van der Waals surface area contributed by atoms with E-state index in [1.807, 2.05) is 30.3 Å². The third kappa shape index (κ3) is 5.87. The fourth-order valence-electron chi connectivity index (χ4n) is 1.94. The largest absolute Gasteiger partial charge is 0.370 e. The van der Waals surface area contributed by atoms with Crippen molar-refractivity contribution in [1.29, 1.82) is 0 Å². The molecular formula is C16H22ClN5. The summed E-state index contributed by atoms with van der Waals surface area (Å²) in [7, 11) is 4.15. The summed E-state index contributed by atoms with van der Waals surface area (Å²) in [6.45, 7) is 2.62. The van der Waals surface area contributed by atoms with Crippen molar-refractivity contribution >= 4 is 23.4 Å². The Bertz CT molecular complexity index is 571. The summed E-state index contributed by atoms with van der Waals surface area (Å²) in [5, 5.41) is 7.27. The molecule has 1 heterocycles. The highest BCUT2D eigenvalue weighted by atomic mass is 35.5. The number of halogens is 1. The van der Waals surface area contributed by atoms with Gasteiger partial charge in [-0.25, -0.2) is 4.98 Å². The Balaban J connectivity index is 1.81. The first-order valence-electron chi connectivity index (χ1n) is 7.33. The van der Waals surface area contributed by atoms with E-state index in [0.717, 1.165) is 35.9 Å². The van der Waals surface area contributed by atoms with E-state index in [2.05, 4.69) is 39.6 Å². The van der Waals surface area contributed by atoms with Crippen molar-refractivity contribution in [2.45, 2.75) is 13.0 Å². The molecule has 0 unspecified atom stereocenters. The Kier molecular flexibility index (Phi) is 6.43. The summed E-state index contributed by atoms with van der Waals surface area (Å²) >= 11 is 5.87. The quantitative estimate of drug-likeness (QED) is 0.732. The highest BCUT2D eigenvalue weighted by molar-refractivity contribution is 6.30. The van der Waals surface area contributed by atoms with E-state index in [9.17, 15) is 0 Å². The van der Waals surface area contributed by atoms with Gasteiger partial charge in [0.1, 0.15) is 5.82 Å². The van der Waals surface area contributed by atoms with Gasteiger partial charge < -0.3 is 15.5 Å². The second kappa shape index (κ2) is 8.56. The molecule has 5 nitrogen and oxygen atoms in total. The van der Waals surface area contributed by atoms with E-state index in [1.165, 1.54) is 0 Å². The van der Waals surface area contributed by atoms with Gasteiger partial charge in [0.25, 0.3) is 0 Å². The molecule has 0 aliphatic carbocycles. The van der Waals surface area contributed by atoms with Gasteiger partial charge in [0.2, 0.25) is 5.95 Å². The van der Waals surface area contributed by atoms with Crippen molar-refractivity contribution in [3.8, 4) is 0 Å². The summed E-state index contributed by atoms with van der Waals surface area (Å²) in [5.74, 6) is 1.46. The monoisotopic (exact) mass is 319 g/mol. The van der Waals surface area contributed by atoms with Gasteiger partial charge in [0, 0.05) is 24.3 Å². The lowest BCUT2D eigenvalue weighted by molar-refractivity contribution is 0.405. The Morgan fingerprint density at radius 2 is 1.86 bits per heavy atom. The molecule has 1 aromatic carbocycles. The summed E-state index contributed by atoms with van der Waals surface area (Å²) in [4.78, 5) is 10.8. The van der Waals surface area contributed by atoms with Crippen molar-refractivity contribution in [3.05, 3.63) is 47.1 Å². The number of hydrogen-bond donors (Lipinski definition) is 2. The van der Waals surface area contributed by atoms with Crippen LogP contribution in [0, 0.1) is 0 Å². The first-order valence-corrected chi connectivity index (χ1v) is 7.71. The van der Waals surface area contributed by atoms with Gasteiger partial charge >= 0.3 is 0 Å². The van der Waals surface area contributed by atoms with Crippen molar-refractivity contribution in [2.24, 2.45) is 0 Å². The molecule has 0 bridgehead atoms. The van der Waals surface area contributed by atoms with Crippen molar-refractivity contribution in [1.82, 2.24) is 14.9 Å². The molecule has 0 amide bonds. The van der Waals surface area contributed by atoms with Crippen LogP contribution in [0.5, 0.6) is 0 Å². The maximum atomic E-state index is 5.87. The predicted molar refractivity (Wildman–Crippen MR) is 92.5 cm³/mol. The van der Waals surface area contributed by atoms with Gasteiger partial charge in [-0.15, -0.1) is 0 Å². The van der Waals surface area contributed by atoms with Crippen LogP contribution in [-0.4, -0.2) is 42.1 Å². The van der Waals surface area contributed by atoms with Crippen LogP contribution >= 0.6 is 11.6 Å². The molecule has 0 fully saturated rings. The SMILES string of the molecule is CN(C)CCCNc1ccnc(NCc2ccc(Cl)cc2)n1. The molecule has 0 saturated heterocycles. The second-order valence-electron chi connectivity index (χ2n) is 5.33. The zero-order valence-corrected chi connectivity index (χ0v) is 13.8. The Morgan fingerprint density at radius 3 is 2.59 bits per heavy atom. The molecule has 1 aromatic heterocycles. The fourth-order valence-corrected chi connectivity index (χ4v) is 2.06. The summed E-state index contributed by atoms with van der Waals surface area (Å²) < 4.78 is 0. The standard InChI is InChI=1S/C16H22ClN5/c1-22(2)11-3-9-18-15-8-10-19-16(21-15)20-12-13-4-6-14(17)7-5-13/h4-8,10H,3,9,11-12H2,1-2H3,(H2,18,19,20,21). The molecule has 2 rings (SSSR count). The van der Waals surface area contributed by atoms with E-state index in [1.54, 1.807) is 6.20 Å². The normalized spacial score (nSPS) is 10.7. The molecule has 0 aliphatic rings. The molecule has 0 saturated carbocycles. The topological polar surface area (TPSA) is 53.1 Å². The van der Waals surface area contributed by atoms with Crippen LogP contribution in [0.25, 0.3) is 0 Å². The van der Waals surface area contributed by atoms with Crippen LogP contribution in [0.1, 0.15) is 12.0 Å². The zero-order chi connectivity index (χ0) is 15.8. The van der Waals surface area contributed by atoms with Gasteiger partial charge in [-0.2, -0.15) is 4.98 Å². The third-order valence-electron chi connectivity index (χ3n) is 3.11. The highest BCUT2D eigenvalue weighted by Crippen LogP contribution is 2.11. The lowest BCUT2D eigenvalue weighted by atomic mass is 10.2. The van der Waals surface area contributed by atoms with Crippen LogP contribution in [-0.2, 0) is 6.54 Å². The molecule has 2 aromatic rings. The van der Waals surface area contributed by atoms with Crippen LogP contribution in [0.15, 0.2) is 36.5 Å². The van der Waals surface area contributed by atoms with E-state index >= 15 is 0 Å². The highest BCUT2D eigenvalue weighted by Gasteiger charge is 2.00. The minimum Gasteiger partial charge on any atom is -0.370 e. The predicted octanol–water partition coefficient (Wildman–Crippen LogP) is 3.11. The zero-order valence-electron chi connectivity index (χ0n) is 13.0. The van der Waals surface area contributed by atoms with Gasteiger partial charge in [-0.1, -0.05) is 23.7 Å². The third-order valence-corrected chi connectivity index (χ3v) is 3.36. The smallest absolute Gasteiger partial charge is 0.224 e. The minimum atomic E-state index is 0.618. The summed E-state index contributed by atoms with van der Waals surface area (Å²) in [6, 6.07) is 9.60. The van der Waals surface area contributed by atoms with Crippen LogP contribution in [0.4, 0.5) is 11.8 Å². The molecule has 6 heteroatoms. The molecule has 2 N–H and O–H groups in total. The van der Waals surface area contributed by atoms with Crippen molar-refractivity contribution in [3.63, 3.8) is 0 Å². The van der Waals surface area contributed by atoms with Crippen LogP contribution < -0.4 is 10.6 Å². The number of hydrogen-bond acceptors (Lipinski definition) is 5. The first-order chi connectivity index (χ1) is 10.6. The molecule has 118 valence electrons. The summed E-state index contributed by atoms with van der Waals surface area (Å²) in [6.07, 6.45) is 2.83. The van der Waals surface area contributed by atoms with Crippen molar-refractivity contribution < 1.29 is 0 Å². The average Bonchev–Trinajstić information content (AvgIpc) is 2.51. The maximum absolute atomic E-state index is 5.87. The molecule has 22 heavy (non-hydrogen) atoms. The van der Waals surface area contributed by atoms with Gasteiger partial charge in [0.15, 0.2) is 0 Å². The average molecular weight is 320 g/mol. The number of benzene rings is 1. The fraction of sp³-hybridized carbons (Fsp3) is 0.375. The lowest BCUT2D eigenvalue weighted by Crippen LogP contribution is -2.16. The van der Waals surface area contributed by atoms with Gasteiger partial charge in [-0.3, -0.25) is 0 Å². The van der Waals surface area contributed by atoms with E-state index in [4.69, 9.17) is 11.6 Å². The molecule has 0 atom stereocenters. The maximum Gasteiger partial charge on any atom is 0.224 e. The summed E-state index contributed by atoms with van der Waals surface area (Å²) in [5.41, 5.74) is 1.14. The van der Waals surface area contributed by atoms with Crippen LogP contribution in [0.3, 0.4) is 0 Å². The lowest BCUT2D eigenvalue weighted by Gasteiger charge is -2.11. The molecular weight excluding hydrogens is 298 g/mol. The number of aromatic nitrogens is 2. The van der Waals surface area contributed by atoms with Crippen LogP contribution in [0.2, 0.25) is 5.02 Å². The number of nitrogens with one attached hydrogen (secondary N) is 2. The van der Waals surface area contributed by atoms with E-state index < -0.39 is 0 Å². The Labute approximate surface area is 136 Å². The molecule has 0 radical (unpaired) electrons. The number of nitrogens with zero attached hydrogens (tertiary/aromatic N) is 3. The van der Waals surface area contributed by atoms with E-state index in [-0.39, 0.29) is 0 Å². The Morgan fingerprint density at radius 1 is 1.09 bits per heavy atom. The second-order valence-corrected chi connectivity index (χ2v) is 5.77. The molecule has 0 aliphatic heterocycles. The van der Waals surface area contributed by atoms with Gasteiger partial charge in [0.05, 0.1) is 0 Å². The Hall–Kier alpha value is -1.85. The molecule has 0 spiro atoms. The first kappa shape index (κ1) is 16.5. The number of rotatable bonds is 8. The number of anilines is 2. The van der Waals surface area contributed by atoms with Gasteiger partial charge in [-0.05, 0) is 50.8 Å².